The van der Waals surface area contributed by atoms with E-state index in [4.69, 9.17) is 5.11 Å². The minimum atomic E-state index is 0.318. The molecule has 2 atom stereocenters. The maximum atomic E-state index is 9.14. The van der Waals surface area contributed by atoms with E-state index in [9.17, 15) is 0 Å². The predicted molar refractivity (Wildman–Crippen MR) is 39.8 cm³/mol. The molecule has 10 heavy (non-hydrogen) atoms. The zero-order valence-corrected chi connectivity index (χ0v) is 6.34. The molecular formula is C8H15NO. The largest absolute Gasteiger partial charge is 0.396 e. The van der Waals surface area contributed by atoms with Crippen molar-refractivity contribution >= 4 is 0 Å². The third-order valence-electron chi connectivity index (χ3n) is 3.03. The summed E-state index contributed by atoms with van der Waals surface area (Å²) >= 11 is 0. The summed E-state index contributed by atoms with van der Waals surface area (Å²) in [6.07, 6.45) is 3.77. The van der Waals surface area contributed by atoms with Crippen LogP contribution in [0.4, 0.5) is 0 Å². The van der Waals surface area contributed by atoms with Crippen LogP contribution in [0.15, 0.2) is 0 Å². The SMILES string of the molecule is OCC12CCCN(CC1)C2. The highest BCUT2D eigenvalue weighted by Gasteiger charge is 2.39. The Hall–Kier alpha value is -0.0800. The minimum absolute atomic E-state index is 0.318. The van der Waals surface area contributed by atoms with Gasteiger partial charge in [-0.05, 0) is 32.4 Å². The lowest BCUT2D eigenvalue weighted by Gasteiger charge is -2.31. The highest BCUT2D eigenvalue weighted by Crippen LogP contribution is 2.38. The van der Waals surface area contributed by atoms with E-state index in [1.165, 1.54) is 32.4 Å². The Balaban J connectivity index is 2.10. The Morgan fingerprint density at radius 1 is 1.30 bits per heavy atom. The molecule has 0 aromatic heterocycles. The van der Waals surface area contributed by atoms with Gasteiger partial charge >= 0.3 is 0 Å². The first-order valence-electron chi connectivity index (χ1n) is 4.18. The summed E-state index contributed by atoms with van der Waals surface area (Å²) in [6, 6.07) is 0. The van der Waals surface area contributed by atoms with Crippen LogP contribution in [0, 0.1) is 5.41 Å². The van der Waals surface area contributed by atoms with E-state index >= 15 is 0 Å². The third-order valence-corrected chi connectivity index (χ3v) is 3.03. The molecule has 0 aromatic carbocycles. The molecule has 2 aliphatic rings. The standard InChI is InChI=1S/C8H15NO/c10-7-8-2-1-4-9(6-8)5-3-8/h10H,1-7H2. The average molecular weight is 141 g/mol. The van der Waals surface area contributed by atoms with E-state index in [-0.39, 0.29) is 0 Å². The predicted octanol–water partition coefficient (Wildman–Crippen LogP) is 0.465. The first-order chi connectivity index (χ1) is 4.85. The molecule has 2 nitrogen and oxygen atoms in total. The Kier molecular flexibility index (Phi) is 1.46. The molecule has 2 rings (SSSR count). The molecule has 2 heterocycles. The summed E-state index contributed by atoms with van der Waals surface area (Å²) in [5.41, 5.74) is 0.318. The van der Waals surface area contributed by atoms with Crippen molar-refractivity contribution in [2.24, 2.45) is 5.41 Å². The van der Waals surface area contributed by atoms with Crippen LogP contribution in [0.25, 0.3) is 0 Å². The van der Waals surface area contributed by atoms with Crippen LogP contribution in [-0.4, -0.2) is 36.2 Å². The van der Waals surface area contributed by atoms with Crippen molar-refractivity contribution in [3.63, 3.8) is 0 Å². The molecule has 1 N–H and O–H groups in total. The highest BCUT2D eigenvalue weighted by molar-refractivity contribution is 4.92. The van der Waals surface area contributed by atoms with Gasteiger partial charge in [-0.3, -0.25) is 0 Å². The zero-order chi connectivity index (χ0) is 7.03. The van der Waals surface area contributed by atoms with Gasteiger partial charge in [0.15, 0.2) is 0 Å². The van der Waals surface area contributed by atoms with Crippen molar-refractivity contribution < 1.29 is 5.11 Å². The van der Waals surface area contributed by atoms with Gasteiger partial charge in [-0.15, -0.1) is 0 Å². The monoisotopic (exact) mass is 141 g/mol. The normalized spacial score (nSPS) is 45.9. The fraction of sp³-hybridized carbons (Fsp3) is 1.00. The quantitative estimate of drug-likeness (QED) is 0.573. The molecule has 2 fully saturated rings. The summed E-state index contributed by atoms with van der Waals surface area (Å²) in [5, 5.41) is 9.14. The summed E-state index contributed by atoms with van der Waals surface area (Å²) < 4.78 is 0. The topological polar surface area (TPSA) is 23.5 Å². The molecule has 0 saturated carbocycles. The van der Waals surface area contributed by atoms with Crippen LogP contribution in [-0.2, 0) is 0 Å². The average Bonchev–Trinajstić information content (AvgIpc) is 2.29. The fourth-order valence-electron chi connectivity index (χ4n) is 2.31. The second-order valence-corrected chi connectivity index (χ2v) is 3.79. The van der Waals surface area contributed by atoms with E-state index in [1.807, 2.05) is 0 Å². The van der Waals surface area contributed by atoms with E-state index in [0.29, 0.717) is 12.0 Å². The molecule has 0 spiro atoms. The molecule has 2 saturated heterocycles. The second-order valence-electron chi connectivity index (χ2n) is 3.79. The Labute approximate surface area is 61.8 Å². The van der Waals surface area contributed by atoms with Crippen molar-refractivity contribution in [2.75, 3.05) is 26.2 Å². The number of aliphatic hydroxyl groups excluding tert-OH is 1. The van der Waals surface area contributed by atoms with Crippen molar-refractivity contribution in [3.8, 4) is 0 Å². The lowest BCUT2D eigenvalue weighted by molar-refractivity contribution is 0.0935. The summed E-state index contributed by atoms with van der Waals surface area (Å²) in [5.74, 6) is 0. The number of aliphatic hydroxyl groups is 1. The molecule has 58 valence electrons. The van der Waals surface area contributed by atoms with Gasteiger partial charge in [0, 0.05) is 18.6 Å². The Morgan fingerprint density at radius 2 is 2.20 bits per heavy atom. The maximum Gasteiger partial charge on any atom is 0.0500 e. The third kappa shape index (κ3) is 0.867. The number of hydrogen-bond acceptors (Lipinski definition) is 2. The van der Waals surface area contributed by atoms with E-state index in [0.717, 1.165) is 6.54 Å². The number of nitrogens with zero attached hydrogens (tertiary/aromatic N) is 1. The van der Waals surface area contributed by atoms with Gasteiger partial charge in [-0.1, -0.05) is 0 Å². The molecule has 2 aliphatic heterocycles. The highest BCUT2D eigenvalue weighted by atomic mass is 16.3. The molecular weight excluding hydrogens is 126 g/mol. The van der Waals surface area contributed by atoms with Crippen LogP contribution in [0.3, 0.4) is 0 Å². The van der Waals surface area contributed by atoms with Crippen LogP contribution in [0.5, 0.6) is 0 Å². The number of hydrogen-bond donors (Lipinski definition) is 1. The molecule has 0 amide bonds. The van der Waals surface area contributed by atoms with Crippen LogP contribution in [0.1, 0.15) is 19.3 Å². The zero-order valence-electron chi connectivity index (χ0n) is 6.34. The molecule has 0 aromatic rings. The van der Waals surface area contributed by atoms with Gasteiger partial charge in [0.1, 0.15) is 0 Å². The van der Waals surface area contributed by atoms with Crippen LogP contribution < -0.4 is 0 Å². The number of fused-ring (bicyclic) bond motifs is 2. The van der Waals surface area contributed by atoms with Crippen molar-refractivity contribution in [1.29, 1.82) is 0 Å². The Morgan fingerprint density at radius 3 is 2.90 bits per heavy atom. The molecule has 2 unspecified atom stereocenters. The van der Waals surface area contributed by atoms with Crippen LogP contribution >= 0.6 is 0 Å². The lowest BCUT2D eigenvalue weighted by atomic mass is 9.82. The van der Waals surface area contributed by atoms with E-state index < -0.39 is 0 Å². The van der Waals surface area contributed by atoms with Gasteiger partial charge in [0.05, 0.1) is 0 Å². The second kappa shape index (κ2) is 2.21. The molecule has 0 radical (unpaired) electrons. The van der Waals surface area contributed by atoms with Gasteiger partial charge in [-0.2, -0.15) is 0 Å². The van der Waals surface area contributed by atoms with E-state index in [1.54, 1.807) is 0 Å². The van der Waals surface area contributed by atoms with Crippen molar-refractivity contribution in [1.82, 2.24) is 4.90 Å². The van der Waals surface area contributed by atoms with Gasteiger partial charge in [0.25, 0.3) is 0 Å². The molecule has 0 aliphatic carbocycles. The first kappa shape index (κ1) is 6.62. The van der Waals surface area contributed by atoms with Gasteiger partial charge in [0.2, 0.25) is 0 Å². The summed E-state index contributed by atoms with van der Waals surface area (Å²) in [6.45, 7) is 4.05. The number of piperidine rings is 1. The summed E-state index contributed by atoms with van der Waals surface area (Å²) in [4.78, 5) is 2.47. The lowest BCUT2D eigenvalue weighted by Crippen LogP contribution is -2.35. The fourth-order valence-corrected chi connectivity index (χ4v) is 2.31. The Bertz CT molecular complexity index is 133. The number of rotatable bonds is 1. The smallest absolute Gasteiger partial charge is 0.0500 e. The first-order valence-corrected chi connectivity index (χ1v) is 4.18. The van der Waals surface area contributed by atoms with Crippen molar-refractivity contribution in [3.05, 3.63) is 0 Å². The van der Waals surface area contributed by atoms with Gasteiger partial charge in [-0.25, -0.2) is 0 Å². The van der Waals surface area contributed by atoms with Gasteiger partial charge < -0.3 is 10.0 Å². The van der Waals surface area contributed by atoms with Crippen molar-refractivity contribution in [2.45, 2.75) is 19.3 Å². The van der Waals surface area contributed by atoms with E-state index in [2.05, 4.69) is 4.90 Å². The van der Waals surface area contributed by atoms with Crippen LogP contribution in [0.2, 0.25) is 0 Å². The summed E-state index contributed by atoms with van der Waals surface area (Å²) in [7, 11) is 0. The maximum absolute atomic E-state index is 9.14. The molecule has 2 heteroatoms. The molecule has 2 bridgehead atoms. The minimum Gasteiger partial charge on any atom is -0.396 e.